The molecule has 0 spiro atoms. The van der Waals surface area contributed by atoms with E-state index in [1.165, 1.54) is 39.8 Å². The van der Waals surface area contributed by atoms with Crippen molar-refractivity contribution < 1.29 is 19.1 Å². The summed E-state index contributed by atoms with van der Waals surface area (Å²) in [5.74, 6) is -1.13. The molecule has 25 heavy (non-hydrogen) atoms. The Morgan fingerprint density at radius 2 is 2.12 bits per heavy atom. The third kappa shape index (κ3) is 4.21. The van der Waals surface area contributed by atoms with Crippen molar-refractivity contribution in [3.8, 4) is 0 Å². The fraction of sp³-hybridized carbons (Fsp3) is 0.500. The zero-order valence-corrected chi connectivity index (χ0v) is 16.9. The number of thiophene rings is 1. The van der Waals surface area contributed by atoms with Crippen molar-refractivity contribution in [2.45, 2.75) is 38.5 Å². The summed E-state index contributed by atoms with van der Waals surface area (Å²) in [6.07, 6.45) is 0. The summed E-state index contributed by atoms with van der Waals surface area (Å²) in [4.78, 5) is 40.0. The maximum Gasteiger partial charge on any atom is 0.326 e. The lowest BCUT2D eigenvalue weighted by atomic mass is 9.99. The number of thiocarbonyl (C=S) groups is 1. The standard InChI is InChI=1S/C16H20N2O4S3/c1-5-22-12(20)9-17-14(21)13(16(3,4)25-15(17)23)18(10(2)19)11-7-6-8-24-11/h6-8,13H,5,9H2,1-4H3. The first-order valence-corrected chi connectivity index (χ1v) is 9.82. The minimum Gasteiger partial charge on any atom is -0.465 e. The molecule has 1 aliphatic rings. The van der Waals surface area contributed by atoms with Crippen LogP contribution in [-0.4, -0.2) is 50.9 Å². The molecule has 1 atom stereocenters. The monoisotopic (exact) mass is 400 g/mol. The Morgan fingerprint density at radius 1 is 1.44 bits per heavy atom. The quantitative estimate of drug-likeness (QED) is 0.559. The highest BCUT2D eigenvalue weighted by molar-refractivity contribution is 8.24. The Kier molecular flexibility index (Phi) is 6.23. The second kappa shape index (κ2) is 7.84. The molecule has 136 valence electrons. The lowest BCUT2D eigenvalue weighted by molar-refractivity contribution is -0.147. The van der Waals surface area contributed by atoms with Crippen LogP contribution in [0.2, 0.25) is 0 Å². The van der Waals surface area contributed by atoms with Gasteiger partial charge in [-0.25, -0.2) is 0 Å². The molecular weight excluding hydrogens is 380 g/mol. The van der Waals surface area contributed by atoms with Gasteiger partial charge in [-0.1, -0.05) is 24.0 Å². The zero-order valence-electron chi connectivity index (χ0n) is 14.5. The fourth-order valence-corrected chi connectivity index (χ4v) is 5.27. The molecule has 9 heteroatoms. The minimum atomic E-state index is -0.769. The van der Waals surface area contributed by atoms with E-state index >= 15 is 0 Å². The average Bonchev–Trinajstić information content (AvgIpc) is 3.01. The molecule has 1 saturated heterocycles. The van der Waals surface area contributed by atoms with Crippen LogP contribution in [0.15, 0.2) is 17.5 Å². The number of carbonyl (C=O) groups excluding carboxylic acids is 3. The van der Waals surface area contributed by atoms with Crippen molar-refractivity contribution in [2.75, 3.05) is 18.1 Å². The van der Waals surface area contributed by atoms with Gasteiger partial charge < -0.3 is 4.74 Å². The van der Waals surface area contributed by atoms with Gasteiger partial charge in [0.2, 0.25) is 5.91 Å². The molecule has 1 aliphatic heterocycles. The number of hydrogen-bond acceptors (Lipinski definition) is 7. The highest BCUT2D eigenvalue weighted by Crippen LogP contribution is 2.41. The number of anilines is 1. The van der Waals surface area contributed by atoms with Crippen molar-refractivity contribution in [3.63, 3.8) is 0 Å². The normalized spacial score (nSPS) is 19.7. The molecule has 1 aromatic rings. The van der Waals surface area contributed by atoms with Crippen LogP contribution in [0, 0.1) is 0 Å². The predicted molar refractivity (Wildman–Crippen MR) is 104 cm³/mol. The first-order chi connectivity index (χ1) is 11.7. The first kappa shape index (κ1) is 19.9. The topological polar surface area (TPSA) is 66.9 Å². The van der Waals surface area contributed by atoms with Gasteiger partial charge in [0.1, 0.15) is 16.9 Å². The molecule has 0 bridgehead atoms. The Hall–Kier alpha value is -1.45. The van der Waals surface area contributed by atoms with Gasteiger partial charge in [-0.3, -0.25) is 24.2 Å². The molecule has 6 nitrogen and oxygen atoms in total. The van der Waals surface area contributed by atoms with E-state index in [1.807, 2.05) is 25.3 Å². The molecule has 2 rings (SSSR count). The smallest absolute Gasteiger partial charge is 0.326 e. The molecule has 2 heterocycles. The Bertz CT molecular complexity index is 688. The van der Waals surface area contributed by atoms with Gasteiger partial charge >= 0.3 is 5.97 Å². The summed E-state index contributed by atoms with van der Waals surface area (Å²) in [6.45, 7) is 6.85. The number of amides is 2. The van der Waals surface area contributed by atoms with Crippen molar-refractivity contribution in [1.82, 2.24) is 4.90 Å². The fourth-order valence-electron chi connectivity index (χ4n) is 2.64. The molecule has 0 N–H and O–H groups in total. The van der Waals surface area contributed by atoms with Crippen LogP contribution in [0.5, 0.6) is 0 Å². The maximum absolute atomic E-state index is 13.2. The Balaban J connectivity index is 2.39. The molecule has 1 unspecified atom stereocenters. The van der Waals surface area contributed by atoms with Crippen LogP contribution in [0.4, 0.5) is 5.00 Å². The van der Waals surface area contributed by atoms with Crippen molar-refractivity contribution >= 4 is 62.4 Å². The Labute approximate surface area is 160 Å². The second-order valence-corrected chi connectivity index (χ2v) is 9.16. The van der Waals surface area contributed by atoms with Gasteiger partial charge in [-0.15, -0.1) is 11.3 Å². The number of thioether (sulfide) groups is 1. The zero-order chi connectivity index (χ0) is 18.8. The van der Waals surface area contributed by atoms with E-state index < -0.39 is 16.8 Å². The van der Waals surface area contributed by atoms with Crippen molar-refractivity contribution in [3.05, 3.63) is 17.5 Å². The number of hydrogen-bond donors (Lipinski definition) is 0. The Morgan fingerprint density at radius 3 is 2.64 bits per heavy atom. The van der Waals surface area contributed by atoms with Gasteiger partial charge in [0, 0.05) is 11.7 Å². The minimum absolute atomic E-state index is 0.227. The predicted octanol–water partition coefficient (Wildman–Crippen LogP) is 2.67. The molecule has 2 amide bonds. The number of ether oxygens (including phenoxy) is 1. The van der Waals surface area contributed by atoms with E-state index in [0.29, 0.717) is 9.32 Å². The van der Waals surface area contributed by atoms with Crippen LogP contribution in [0.1, 0.15) is 27.7 Å². The van der Waals surface area contributed by atoms with E-state index in [4.69, 9.17) is 17.0 Å². The third-order valence-electron chi connectivity index (χ3n) is 3.66. The number of carbonyl (C=O) groups is 3. The average molecular weight is 401 g/mol. The van der Waals surface area contributed by atoms with Crippen LogP contribution in [0.25, 0.3) is 0 Å². The maximum atomic E-state index is 13.2. The van der Waals surface area contributed by atoms with Crippen LogP contribution < -0.4 is 4.90 Å². The number of nitrogens with zero attached hydrogens (tertiary/aromatic N) is 2. The van der Waals surface area contributed by atoms with Crippen molar-refractivity contribution in [1.29, 1.82) is 0 Å². The van der Waals surface area contributed by atoms with Gasteiger partial charge in [0.25, 0.3) is 5.91 Å². The molecule has 0 aromatic carbocycles. The summed E-state index contributed by atoms with van der Waals surface area (Å²) in [6, 6.07) is 2.85. The van der Waals surface area contributed by atoms with Gasteiger partial charge in [0.05, 0.1) is 11.6 Å². The molecule has 0 radical (unpaired) electrons. The van der Waals surface area contributed by atoms with E-state index in [9.17, 15) is 14.4 Å². The van der Waals surface area contributed by atoms with E-state index in [0.717, 1.165) is 0 Å². The second-order valence-electron chi connectivity index (χ2n) is 5.94. The number of esters is 1. The molecule has 1 aromatic heterocycles. The summed E-state index contributed by atoms with van der Waals surface area (Å²) < 4.78 is 4.61. The van der Waals surface area contributed by atoms with E-state index in [-0.39, 0.29) is 25.0 Å². The van der Waals surface area contributed by atoms with Gasteiger partial charge in [-0.2, -0.15) is 0 Å². The SMILES string of the molecule is CCOC(=O)CN1C(=O)C(N(C(C)=O)c2cccs2)C(C)(C)SC1=S. The summed E-state index contributed by atoms with van der Waals surface area (Å²) in [5, 5.41) is 2.53. The lowest BCUT2D eigenvalue weighted by Gasteiger charge is -2.46. The highest BCUT2D eigenvalue weighted by atomic mass is 32.2. The van der Waals surface area contributed by atoms with Crippen molar-refractivity contribution in [2.24, 2.45) is 0 Å². The lowest BCUT2D eigenvalue weighted by Crippen LogP contribution is -2.64. The number of rotatable bonds is 5. The molecule has 1 fully saturated rings. The first-order valence-electron chi connectivity index (χ1n) is 7.72. The summed E-state index contributed by atoms with van der Waals surface area (Å²) >= 11 is 8.01. The molecular formula is C16H20N2O4S3. The van der Waals surface area contributed by atoms with Crippen LogP contribution in [0.3, 0.4) is 0 Å². The summed E-state index contributed by atoms with van der Waals surface area (Å²) in [5.41, 5.74) is 0. The third-order valence-corrected chi connectivity index (χ3v) is 6.15. The summed E-state index contributed by atoms with van der Waals surface area (Å²) in [7, 11) is 0. The molecule has 0 aliphatic carbocycles. The van der Waals surface area contributed by atoms with E-state index in [2.05, 4.69) is 0 Å². The van der Waals surface area contributed by atoms with Crippen LogP contribution in [-0.2, 0) is 19.1 Å². The van der Waals surface area contributed by atoms with Gasteiger partial charge in [0.15, 0.2) is 0 Å². The highest BCUT2D eigenvalue weighted by Gasteiger charge is 2.50. The largest absolute Gasteiger partial charge is 0.465 e. The van der Waals surface area contributed by atoms with E-state index in [1.54, 1.807) is 13.0 Å². The van der Waals surface area contributed by atoms with Gasteiger partial charge in [-0.05, 0) is 38.3 Å². The van der Waals surface area contributed by atoms with Crippen LogP contribution >= 0.6 is 35.3 Å². The molecule has 0 saturated carbocycles.